The van der Waals surface area contributed by atoms with E-state index >= 15 is 0 Å². The number of hydrogen-bond donors (Lipinski definition) is 2. The number of nitrogens with zero attached hydrogens (tertiary/aromatic N) is 1. The fraction of sp³-hybridized carbons (Fsp3) is 0.667. The Kier molecular flexibility index (Phi) is 4.35. The fourth-order valence-electron chi connectivity index (χ4n) is 1.12. The molecule has 4 heteroatoms. The van der Waals surface area contributed by atoms with Crippen molar-refractivity contribution >= 4 is 11.3 Å². The number of nitrogens with one attached hydrogen (secondary N) is 1. The summed E-state index contributed by atoms with van der Waals surface area (Å²) in [5.41, 5.74) is 6.58. The van der Waals surface area contributed by atoms with E-state index in [-0.39, 0.29) is 0 Å². The van der Waals surface area contributed by atoms with E-state index in [9.17, 15) is 0 Å². The zero-order valence-corrected chi connectivity index (χ0v) is 9.03. The third-order valence-corrected chi connectivity index (χ3v) is 2.72. The van der Waals surface area contributed by atoms with Gasteiger partial charge in [-0.15, -0.1) is 11.3 Å². The van der Waals surface area contributed by atoms with Gasteiger partial charge in [0.2, 0.25) is 0 Å². The summed E-state index contributed by atoms with van der Waals surface area (Å²) in [5, 5.41) is 6.60. The first-order valence-corrected chi connectivity index (χ1v) is 5.44. The van der Waals surface area contributed by atoms with E-state index in [4.69, 9.17) is 5.73 Å². The smallest absolute Gasteiger partial charge is 0.0897 e. The molecule has 1 atom stereocenters. The third-order valence-electron chi connectivity index (χ3n) is 1.90. The number of hydrogen-bond acceptors (Lipinski definition) is 4. The van der Waals surface area contributed by atoms with Crippen molar-refractivity contribution in [2.24, 2.45) is 5.73 Å². The van der Waals surface area contributed by atoms with Gasteiger partial charge in [-0.3, -0.25) is 0 Å². The minimum absolute atomic E-state index is 0.479. The first-order chi connectivity index (χ1) is 6.22. The van der Waals surface area contributed by atoms with E-state index in [2.05, 4.69) is 22.6 Å². The number of rotatable bonds is 5. The van der Waals surface area contributed by atoms with E-state index < -0.39 is 0 Å². The van der Waals surface area contributed by atoms with Crippen LogP contribution < -0.4 is 11.1 Å². The largest absolute Gasteiger partial charge is 0.330 e. The Morgan fingerprint density at radius 3 is 3.00 bits per heavy atom. The van der Waals surface area contributed by atoms with Crippen molar-refractivity contribution in [1.29, 1.82) is 0 Å². The number of aryl methyl sites for hydroxylation is 1. The van der Waals surface area contributed by atoms with Gasteiger partial charge in [-0.2, -0.15) is 0 Å². The zero-order valence-electron chi connectivity index (χ0n) is 8.21. The van der Waals surface area contributed by atoms with Gasteiger partial charge >= 0.3 is 0 Å². The average molecular weight is 199 g/mol. The Bertz CT molecular complexity index is 247. The molecule has 0 aliphatic carbocycles. The summed E-state index contributed by atoms with van der Waals surface area (Å²) in [5.74, 6) is 0. The van der Waals surface area contributed by atoms with Crippen molar-refractivity contribution in [3.05, 3.63) is 16.1 Å². The first-order valence-electron chi connectivity index (χ1n) is 4.57. The van der Waals surface area contributed by atoms with Crippen molar-refractivity contribution in [3.63, 3.8) is 0 Å². The number of aromatic nitrogens is 1. The van der Waals surface area contributed by atoms with Gasteiger partial charge in [0.05, 0.1) is 10.7 Å². The van der Waals surface area contributed by atoms with Crippen molar-refractivity contribution in [3.8, 4) is 0 Å². The molecule has 0 saturated heterocycles. The molecule has 3 N–H and O–H groups in total. The summed E-state index contributed by atoms with van der Waals surface area (Å²) in [6.07, 6.45) is 1.02. The molecule has 0 saturated carbocycles. The van der Waals surface area contributed by atoms with E-state index in [1.807, 2.05) is 6.92 Å². The highest BCUT2D eigenvalue weighted by molar-refractivity contribution is 7.09. The number of nitrogens with two attached hydrogens (primary N) is 1. The van der Waals surface area contributed by atoms with E-state index in [0.717, 1.165) is 30.2 Å². The Morgan fingerprint density at radius 2 is 2.46 bits per heavy atom. The second-order valence-corrected chi connectivity index (χ2v) is 4.28. The van der Waals surface area contributed by atoms with Gasteiger partial charge in [0.1, 0.15) is 0 Å². The molecule has 0 aliphatic rings. The van der Waals surface area contributed by atoms with E-state index in [1.165, 1.54) is 0 Å². The predicted molar refractivity (Wildman–Crippen MR) is 56.8 cm³/mol. The standard InChI is InChI=1S/C9H17N3S/c1-7(3-4-10)11-5-9-6-13-8(2)12-9/h6-7,11H,3-5,10H2,1-2H3. The molecule has 0 aliphatic heterocycles. The lowest BCUT2D eigenvalue weighted by Crippen LogP contribution is -2.27. The van der Waals surface area contributed by atoms with E-state index in [1.54, 1.807) is 11.3 Å². The van der Waals surface area contributed by atoms with Crippen LogP contribution >= 0.6 is 11.3 Å². The molecule has 0 radical (unpaired) electrons. The molecular weight excluding hydrogens is 182 g/mol. The molecule has 74 valence electrons. The summed E-state index contributed by atoms with van der Waals surface area (Å²) in [6, 6.07) is 0.479. The van der Waals surface area contributed by atoms with Crippen LogP contribution in [0.15, 0.2) is 5.38 Å². The van der Waals surface area contributed by atoms with Crippen molar-refractivity contribution in [2.45, 2.75) is 32.9 Å². The predicted octanol–water partition coefficient (Wildman–Crippen LogP) is 1.28. The lowest BCUT2D eigenvalue weighted by atomic mass is 10.2. The second-order valence-electron chi connectivity index (χ2n) is 3.22. The molecule has 0 fully saturated rings. The van der Waals surface area contributed by atoms with Crippen LogP contribution in [0, 0.1) is 6.92 Å². The van der Waals surface area contributed by atoms with Crippen LogP contribution in [-0.2, 0) is 6.54 Å². The Labute approximate surface area is 83.4 Å². The molecule has 1 heterocycles. The summed E-state index contributed by atoms with van der Waals surface area (Å²) in [6.45, 7) is 5.76. The highest BCUT2D eigenvalue weighted by atomic mass is 32.1. The lowest BCUT2D eigenvalue weighted by molar-refractivity contribution is 0.516. The van der Waals surface area contributed by atoms with Crippen LogP contribution in [0.5, 0.6) is 0 Å². The molecule has 1 aromatic rings. The van der Waals surface area contributed by atoms with Gasteiger partial charge in [0.25, 0.3) is 0 Å². The fourth-order valence-corrected chi connectivity index (χ4v) is 1.73. The minimum Gasteiger partial charge on any atom is -0.330 e. The Hall–Kier alpha value is -0.450. The summed E-state index contributed by atoms with van der Waals surface area (Å²) < 4.78 is 0. The van der Waals surface area contributed by atoms with Gasteiger partial charge in [0.15, 0.2) is 0 Å². The van der Waals surface area contributed by atoms with Crippen LogP contribution in [0.1, 0.15) is 24.0 Å². The van der Waals surface area contributed by atoms with Crippen LogP contribution in [0.25, 0.3) is 0 Å². The maximum atomic E-state index is 5.45. The topological polar surface area (TPSA) is 50.9 Å². The molecule has 1 unspecified atom stereocenters. The molecular formula is C9H17N3S. The van der Waals surface area contributed by atoms with Crippen LogP contribution in [0.2, 0.25) is 0 Å². The molecule has 0 amide bonds. The summed E-state index contributed by atoms with van der Waals surface area (Å²) in [4.78, 5) is 4.37. The van der Waals surface area contributed by atoms with Crippen molar-refractivity contribution < 1.29 is 0 Å². The minimum atomic E-state index is 0.479. The normalized spacial score (nSPS) is 13.2. The zero-order chi connectivity index (χ0) is 9.68. The van der Waals surface area contributed by atoms with Gasteiger partial charge in [0, 0.05) is 18.0 Å². The third kappa shape index (κ3) is 3.85. The second kappa shape index (κ2) is 5.32. The Balaban J connectivity index is 2.26. The monoisotopic (exact) mass is 199 g/mol. The quantitative estimate of drug-likeness (QED) is 0.751. The van der Waals surface area contributed by atoms with Crippen molar-refractivity contribution in [2.75, 3.05) is 6.54 Å². The SMILES string of the molecule is Cc1nc(CNC(C)CCN)cs1. The van der Waals surface area contributed by atoms with Gasteiger partial charge in [-0.05, 0) is 26.8 Å². The van der Waals surface area contributed by atoms with Gasteiger partial charge in [-0.1, -0.05) is 0 Å². The molecule has 0 bridgehead atoms. The maximum Gasteiger partial charge on any atom is 0.0897 e. The van der Waals surface area contributed by atoms with Gasteiger partial charge < -0.3 is 11.1 Å². The highest BCUT2D eigenvalue weighted by Gasteiger charge is 2.01. The molecule has 0 spiro atoms. The average Bonchev–Trinajstić information content (AvgIpc) is 2.49. The molecule has 1 rings (SSSR count). The molecule has 0 aromatic carbocycles. The lowest BCUT2D eigenvalue weighted by Gasteiger charge is -2.10. The number of thiazole rings is 1. The van der Waals surface area contributed by atoms with E-state index in [0.29, 0.717) is 6.04 Å². The highest BCUT2D eigenvalue weighted by Crippen LogP contribution is 2.07. The summed E-state index contributed by atoms with van der Waals surface area (Å²) >= 11 is 1.69. The van der Waals surface area contributed by atoms with Crippen LogP contribution in [0.4, 0.5) is 0 Å². The molecule has 13 heavy (non-hydrogen) atoms. The van der Waals surface area contributed by atoms with Crippen LogP contribution in [0.3, 0.4) is 0 Å². The summed E-state index contributed by atoms with van der Waals surface area (Å²) in [7, 11) is 0. The van der Waals surface area contributed by atoms with Gasteiger partial charge in [-0.25, -0.2) is 4.98 Å². The van der Waals surface area contributed by atoms with Crippen LogP contribution in [-0.4, -0.2) is 17.6 Å². The maximum absolute atomic E-state index is 5.45. The van der Waals surface area contributed by atoms with Crippen molar-refractivity contribution in [1.82, 2.24) is 10.3 Å². The molecule has 1 aromatic heterocycles. The Morgan fingerprint density at radius 1 is 1.69 bits per heavy atom. The molecule has 3 nitrogen and oxygen atoms in total. The first kappa shape index (κ1) is 10.6.